The van der Waals surface area contributed by atoms with E-state index in [1.807, 2.05) is 60.7 Å². The Balaban J connectivity index is 2.14. The van der Waals surface area contributed by atoms with E-state index in [0.717, 1.165) is 24.0 Å². The molecule has 0 unspecified atom stereocenters. The van der Waals surface area contributed by atoms with Crippen molar-refractivity contribution in [2.24, 2.45) is 0 Å². The Morgan fingerprint density at radius 1 is 1.05 bits per heavy atom. The number of hydrogen-bond donors (Lipinski definition) is 1. The third kappa shape index (κ3) is 2.42. The van der Waals surface area contributed by atoms with Gasteiger partial charge in [0.2, 0.25) is 5.91 Å². The molecular weight excluding hydrogens is 274 g/mol. The zero-order valence-electron chi connectivity index (χ0n) is 12.8. The van der Waals surface area contributed by atoms with E-state index in [9.17, 15) is 9.90 Å². The summed E-state index contributed by atoms with van der Waals surface area (Å²) in [6, 6.07) is 19.1. The van der Waals surface area contributed by atoms with Crippen molar-refractivity contribution in [2.75, 3.05) is 6.54 Å². The van der Waals surface area contributed by atoms with Gasteiger partial charge in [-0.05, 0) is 24.0 Å². The number of benzene rings is 2. The summed E-state index contributed by atoms with van der Waals surface area (Å²) >= 11 is 0. The molecule has 3 nitrogen and oxygen atoms in total. The smallest absolute Gasteiger partial charge is 0.219 e. The van der Waals surface area contributed by atoms with E-state index in [2.05, 4.69) is 0 Å². The van der Waals surface area contributed by atoms with Crippen LogP contribution in [0.3, 0.4) is 0 Å². The predicted octanol–water partition coefficient (Wildman–Crippen LogP) is 2.93. The van der Waals surface area contributed by atoms with Gasteiger partial charge < -0.3 is 10.0 Å². The van der Waals surface area contributed by atoms with E-state index in [0.29, 0.717) is 6.54 Å². The van der Waals surface area contributed by atoms with Crippen LogP contribution in [0.1, 0.15) is 30.9 Å². The van der Waals surface area contributed by atoms with Crippen LogP contribution in [0.15, 0.2) is 60.7 Å². The summed E-state index contributed by atoms with van der Waals surface area (Å²) in [5.41, 5.74) is 0.490. The quantitative estimate of drug-likeness (QED) is 0.946. The van der Waals surface area contributed by atoms with Crippen molar-refractivity contribution in [1.82, 2.24) is 4.90 Å². The van der Waals surface area contributed by atoms with Gasteiger partial charge in [-0.25, -0.2) is 0 Å². The van der Waals surface area contributed by atoms with Crippen LogP contribution in [0, 0.1) is 0 Å². The maximum absolute atomic E-state index is 12.0. The van der Waals surface area contributed by atoms with E-state index in [-0.39, 0.29) is 11.9 Å². The monoisotopic (exact) mass is 295 g/mol. The first-order valence-corrected chi connectivity index (χ1v) is 7.74. The fraction of sp³-hybridized carbons (Fsp3) is 0.316. The highest BCUT2D eigenvalue weighted by atomic mass is 16.3. The molecule has 1 fully saturated rings. The van der Waals surface area contributed by atoms with Crippen LogP contribution in [0.5, 0.6) is 0 Å². The number of rotatable bonds is 3. The third-order valence-corrected chi connectivity index (χ3v) is 4.57. The summed E-state index contributed by atoms with van der Waals surface area (Å²) in [7, 11) is 0. The highest BCUT2D eigenvalue weighted by molar-refractivity contribution is 5.74. The Labute approximate surface area is 131 Å². The van der Waals surface area contributed by atoms with Crippen molar-refractivity contribution in [1.29, 1.82) is 0 Å². The molecule has 1 saturated heterocycles. The van der Waals surface area contributed by atoms with Gasteiger partial charge in [0.15, 0.2) is 0 Å². The molecule has 0 saturated carbocycles. The second-order valence-corrected chi connectivity index (χ2v) is 5.87. The molecule has 1 heterocycles. The van der Waals surface area contributed by atoms with Crippen LogP contribution in [0.2, 0.25) is 0 Å². The molecule has 0 radical (unpaired) electrons. The van der Waals surface area contributed by atoms with Gasteiger partial charge in [0.1, 0.15) is 5.60 Å². The van der Waals surface area contributed by atoms with Gasteiger partial charge in [0, 0.05) is 13.5 Å². The Morgan fingerprint density at radius 2 is 1.55 bits per heavy atom. The molecule has 2 aromatic rings. The Morgan fingerprint density at radius 3 is 2.00 bits per heavy atom. The lowest BCUT2D eigenvalue weighted by molar-refractivity contribution is -0.134. The average Bonchev–Trinajstić information content (AvgIpc) is 3.06. The van der Waals surface area contributed by atoms with E-state index in [4.69, 9.17) is 0 Å². The third-order valence-electron chi connectivity index (χ3n) is 4.57. The van der Waals surface area contributed by atoms with Gasteiger partial charge in [-0.2, -0.15) is 0 Å². The Bertz CT molecular complexity index is 599. The molecule has 0 bridgehead atoms. The zero-order chi connectivity index (χ0) is 15.6. The zero-order valence-corrected chi connectivity index (χ0v) is 12.8. The van der Waals surface area contributed by atoms with Gasteiger partial charge in [-0.3, -0.25) is 4.79 Å². The van der Waals surface area contributed by atoms with E-state index < -0.39 is 5.60 Å². The van der Waals surface area contributed by atoms with Gasteiger partial charge in [-0.1, -0.05) is 60.7 Å². The minimum absolute atomic E-state index is 0.0211. The molecule has 2 aromatic carbocycles. The molecule has 3 rings (SSSR count). The molecule has 1 N–H and O–H groups in total. The predicted molar refractivity (Wildman–Crippen MR) is 86.3 cm³/mol. The van der Waals surface area contributed by atoms with Gasteiger partial charge in [-0.15, -0.1) is 0 Å². The number of nitrogens with zero attached hydrogens (tertiary/aromatic N) is 1. The highest BCUT2D eigenvalue weighted by Gasteiger charge is 2.46. The summed E-state index contributed by atoms with van der Waals surface area (Å²) in [6.45, 7) is 2.29. The van der Waals surface area contributed by atoms with Crippen molar-refractivity contribution in [3.63, 3.8) is 0 Å². The van der Waals surface area contributed by atoms with Crippen molar-refractivity contribution in [2.45, 2.75) is 31.4 Å². The molecule has 22 heavy (non-hydrogen) atoms. The minimum atomic E-state index is -1.18. The number of likely N-dealkylation sites (tertiary alicyclic amines) is 1. The maximum Gasteiger partial charge on any atom is 0.219 e. The number of hydrogen-bond acceptors (Lipinski definition) is 2. The molecule has 3 heteroatoms. The van der Waals surface area contributed by atoms with Crippen LogP contribution >= 0.6 is 0 Å². The average molecular weight is 295 g/mol. The summed E-state index contributed by atoms with van der Waals surface area (Å²) in [5.74, 6) is 0.0211. The standard InChI is InChI=1S/C19H21NO2/c1-15(21)20-14-8-13-18(20)19(22,16-9-4-2-5-10-16)17-11-6-3-7-12-17/h2-7,9-12,18,22H,8,13-14H2,1H3/t18-/m1/s1. The van der Waals surface area contributed by atoms with Crippen LogP contribution in [0.4, 0.5) is 0 Å². The fourth-order valence-corrected chi connectivity index (χ4v) is 3.51. The first kappa shape index (κ1) is 14.8. The highest BCUT2D eigenvalue weighted by Crippen LogP contribution is 2.40. The maximum atomic E-state index is 12.0. The lowest BCUT2D eigenvalue weighted by atomic mass is 9.79. The largest absolute Gasteiger partial charge is 0.378 e. The fourth-order valence-electron chi connectivity index (χ4n) is 3.51. The Kier molecular flexibility index (Phi) is 3.99. The summed E-state index contributed by atoms with van der Waals surface area (Å²) in [5, 5.41) is 11.7. The molecule has 1 aliphatic heterocycles. The van der Waals surface area contributed by atoms with Crippen LogP contribution in [0.25, 0.3) is 0 Å². The number of aliphatic hydroxyl groups is 1. The van der Waals surface area contributed by atoms with E-state index in [1.54, 1.807) is 11.8 Å². The van der Waals surface area contributed by atoms with Crippen molar-refractivity contribution < 1.29 is 9.90 Å². The number of carbonyl (C=O) groups is 1. The minimum Gasteiger partial charge on any atom is -0.378 e. The number of amides is 1. The molecule has 0 aromatic heterocycles. The van der Waals surface area contributed by atoms with Crippen molar-refractivity contribution in [3.8, 4) is 0 Å². The molecule has 1 amide bonds. The molecule has 1 atom stereocenters. The number of carbonyl (C=O) groups excluding carboxylic acids is 1. The first-order chi connectivity index (χ1) is 10.6. The lowest BCUT2D eigenvalue weighted by Crippen LogP contribution is -2.49. The topological polar surface area (TPSA) is 40.5 Å². The van der Waals surface area contributed by atoms with Crippen LogP contribution in [-0.4, -0.2) is 28.5 Å². The molecule has 114 valence electrons. The Hall–Kier alpha value is -2.13. The second-order valence-electron chi connectivity index (χ2n) is 5.87. The van der Waals surface area contributed by atoms with Crippen LogP contribution in [-0.2, 0) is 10.4 Å². The summed E-state index contributed by atoms with van der Waals surface area (Å²) in [4.78, 5) is 13.8. The molecule has 1 aliphatic rings. The van der Waals surface area contributed by atoms with Gasteiger partial charge in [0.25, 0.3) is 0 Å². The second kappa shape index (κ2) is 5.93. The SMILES string of the molecule is CC(=O)N1CCC[C@@H]1C(O)(c1ccccc1)c1ccccc1. The molecule has 0 aliphatic carbocycles. The van der Waals surface area contributed by atoms with Gasteiger partial charge >= 0.3 is 0 Å². The van der Waals surface area contributed by atoms with E-state index in [1.165, 1.54) is 0 Å². The first-order valence-electron chi connectivity index (χ1n) is 7.74. The molecule has 0 spiro atoms. The summed E-state index contributed by atoms with van der Waals surface area (Å²) in [6.07, 6.45) is 1.73. The van der Waals surface area contributed by atoms with Crippen molar-refractivity contribution >= 4 is 5.91 Å². The van der Waals surface area contributed by atoms with Crippen LogP contribution < -0.4 is 0 Å². The van der Waals surface area contributed by atoms with E-state index >= 15 is 0 Å². The van der Waals surface area contributed by atoms with Gasteiger partial charge in [0.05, 0.1) is 6.04 Å². The summed E-state index contributed by atoms with van der Waals surface area (Å²) < 4.78 is 0. The molecular formula is C19H21NO2. The lowest BCUT2D eigenvalue weighted by Gasteiger charge is -2.39. The normalized spacial score (nSPS) is 18.5. The van der Waals surface area contributed by atoms with Crippen molar-refractivity contribution in [3.05, 3.63) is 71.8 Å².